The van der Waals surface area contributed by atoms with Gasteiger partial charge in [-0.2, -0.15) is 0 Å². The zero-order valence-corrected chi connectivity index (χ0v) is 17.7. The molecule has 2 aromatic rings. The fourth-order valence-electron chi connectivity index (χ4n) is 3.34. The maximum absolute atomic E-state index is 12.4. The summed E-state index contributed by atoms with van der Waals surface area (Å²) >= 11 is 0. The molecular weight excluding hydrogens is 390 g/mol. The van der Waals surface area contributed by atoms with Crippen LogP contribution >= 0.6 is 0 Å². The van der Waals surface area contributed by atoms with E-state index in [-0.39, 0.29) is 29.5 Å². The van der Waals surface area contributed by atoms with Gasteiger partial charge >= 0.3 is 12.1 Å². The standard InChI is InChI=1S/C20H29N5O5/c1-4-29-19(27)16-11-21-25-17(26)10-15(22-18(16)25)12-23-6-5-7-24(9-8-23)20(28)30-13-14(2)3/h10-11,14,21H,4-9,12-13H2,1-3H3. The van der Waals surface area contributed by atoms with Crippen molar-refractivity contribution in [2.45, 2.75) is 33.7 Å². The lowest BCUT2D eigenvalue weighted by atomic mass is 10.2. The molecule has 1 saturated heterocycles. The van der Waals surface area contributed by atoms with E-state index >= 15 is 0 Å². The van der Waals surface area contributed by atoms with Crippen LogP contribution in [0.4, 0.5) is 4.79 Å². The summed E-state index contributed by atoms with van der Waals surface area (Å²) in [4.78, 5) is 45.1. The van der Waals surface area contributed by atoms with E-state index in [1.165, 1.54) is 16.8 Å². The van der Waals surface area contributed by atoms with E-state index < -0.39 is 5.97 Å². The van der Waals surface area contributed by atoms with E-state index in [9.17, 15) is 14.4 Å². The number of nitrogens with zero attached hydrogens (tertiary/aromatic N) is 4. The van der Waals surface area contributed by atoms with Gasteiger partial charge in [-0.15, -0.1) is 0 Å². The predicted octanol–water partition coefficient (Wildman–Crippen LogP) is 1.50. The van der Waals surface area contributed by atoms with Crippen LogP contribution in [0.2, 0.25) is 0 Å². The number of fused-ring (bicyclic) bond motifs is 1. The van der Waals surface area contributed by atoms with Gasteiger partial charge in [0, 0.05) is 45.0 Å². The molecule has 1 N–H and O–H groups in total. The van der Waals surface area contributed by atoms with Crippen LogP contribution in [0.15, 0.2) is 17.1 Å². The fraction of sp³-hybridized carbons (Fsp3) is 0.600. The van der Waals surface area contributed by atoms with Gasteiger partial charge in [0.25, 0.3) is 5.56 Å². The van der Waals surface area contributed by atoms with Crippen LogP contribution in [0.1, 0.15) is 43.2 Å². The zero-order chi connectivity index (χ0) is 21.7. The molecule has 1 fully saturated rings. The van der Waals surface area contributed by atoms with E-state index in [1.807, 2.05) is 13.8 Å². The van der Waals surface area contributed by atoms with Crippen molar-refractivity contribution in [3.8, 4) is 0 Å². The van der Waals surface area contributed by atoms with Crippen molar-refractivity contribution >= 4 is 17.7 Å². The lowest BCUT2D eigenvalue weighted by Gasteiger charge is -2.21. The van der Waals surface area contributed by atoms with Crippen LogP contribution in [0.3, 0.4) is 0 Å². The number of H-pyrrole nitrogens is 1. The normalized spacial score (nSPS) is 15.4. The zero-order valence-electron chi connectivity index (χ0n) is 17.7. The highest BCUT2D eigenvalue weighted by Gasteiger charge is 2.22. The quantitative estimate of drug-likeness (QED) is 0.707. The second-order valence-electron chi connectivity index (χ2n) is 7.74. The van der Waals surface area contributed by atoms with E-state index in [1.54, 1.807) is 11.8 Å². The van der Waals surface area contributed by atoms with Crippen molar-refractivity contribution in [3.63, 3.8) is 0 Å². The molecule has 3 heterocycles. The van der Waals surface area contributed by atoms with Crippen LogP contribution < -0.4 is 5.56 Å². The summed E-state index contributed by atoms with van der Waals surface area (Å²) in [5.74, 6) is -0.226. The van der Waals surface area contributed by atoms with Crippen LogP contribution in [0.25, 0.3) is 5.65 Å². The fourth-order valence-corrected chi connectivity index (χ4v) is 3.34. The van der Waals surface area contributed by atoms with Crippen LogP contribution in [0, 0.1) is 5.92 Å². The van der Waals surface area contributed by atoms with Gasteiger partial charge in [-0.1, -0.05) is 13.8 Å². The van der Waals surface area contributed by atoms with Gasteiger partial charge in [-0.05, 0) is 19.3 Å². The number of ether oxygens (including phenoxy) is 2. The molecule has 0 spiro atoms. The maximum atomic E-state index is 12.4. The molecule has 1 amide bonds. The average Bonchev–Trinajstić information content (AvgIpc) is 2.99. The number of carbonyl (C=O) groups is 2. The third-order valence-electron chi connectivity index (χ3n) is 4.82. The Hall–Kier alpha value is -2.88. The first-order chi connectivity index (χ1) is 14.4. The van der Waals surface area contributed by atoms with Gasteiger partial charge in [0.15, 0.2) is 5.65 Å². The SMILES string of the molecule is CCOC(=O)c1c[nH]n2c(=O)cc(CN3CCCN(C(=O)OCC(C)C)CC3)nc12. The number of esters is 1. The molecule has 10 nitrogen and oxygen atoms in total. The molecule has 0 aromatic carbocycles. The molecule has 0 unspecified atom stereocenters. The van der Waals surface area contributed by atoms with Crippen molar-refractivity contribution in [2.75, 3.05) is 39.4 Å². The number of carbonyl (C=O) groups excluding carboxylic acids is 2. The number of rotatable bonds is 6. The Kier molecular flexibility index (Phi) is 7.09. The summed E-state index contributed by atoms with van der Waals surface area (Å²) < 4.78 is 11.6. The molecule has 10 heteroatoms. The van der Waals surface area contributed by atoms with Crippen molar-refractivity contribution in [3.05, 3.63) is 33.9 Å². The second-order valence-corrected chi connectivity index (χ2v) is 7.74. The molecule has 0 atom stereocenters. The highest BCUT2D eigenvalue weighted by atomic mass is 16.6. The van der Waals surface area contributed by atoms with Gasteiger partial charge in [0.1, 0.15) is 5.56 Å². The minimum absolute atomic E-state index is 0.228. The number of hydrogen-bond donors (Lipinski definition) is 1. The van der Waals surface area contributed by atoms with E-state index in [2.05, 4.69) is 15.0 Å². The smallest absolute Gasteiger partial charge is 0.409 e. The third kappa shape index (κ3) is 5.18. The monoisotopic (exact) mass is 419 g/mol. The Bertz CT molecular complexity index is 951. The van der Waals surface area contributed by atoms with Crippen LogP contribution in [-0.2, 0) is 16.0 Å². The summed E-state index contributed by atoms with van der Waals surface area (Å²) in [6, 6.07) is 1.46. The first-order valence-corrected chi connectivity index (χ1v) is 10.3. The summed E-state index contributed by atoms with van der Waals surface area (Å²) in [6.07, 6.45) is 1.95. The van der Waals surface area contributed by atoms with Gasteiger partial charge in [0.2, 0.25) is 0 Å². The van der Waals surface area contributed by atoms with Crippen LogP contribution in [-0.4, -0.2) is 75.9 Å². The molecule has 30 heavy (non-hydrogen) atoms. The van der Waals surface area contributed by atoms with Gasteiger partial charge in [-0.3, -0.25) is 14.8 Å². The largest absolute Gasteiger partial charge is 0.462 e. The van der Waals surface area contributed by atoms with E-state index in [0.29, 0.717) is 44.4 Å². The maximum Gasteiger partial charge on any atom is 0.409 e. The molecule has 0 bridgehead atoms. The minimum Gasteiger partial charge on any atom is -0.462 e. The Balaban J connectivity index is 1.69. The molecule has 3 rings (SSSR count). The van der Waals surface area contributed by atoms with Crippen molar-refractivity contribution in [2.24, 2.45) is 5.92 Å². The van der Waals surface area contributed by atoms with Crippen molar-refractivity contribution < 1.29 is 19.1 Å². The topological polar surface area (TPSA) is 109 Å². The average molecular weight is 419 g/mol. The summed E-state index contributed by atoms with van der Waals surface area (Å²) in [6.45, 7) is 9.43. The Morgan fingerprint density at radius 2 is 2.00 bits per heavy atom. The van der Waals surface area contributed by atoms with Gasteiger partial charge < -0.3 is 14.4 Å². The molecule has 164 valence electrons. The third-order valence-corrected chi connectivity index (χ3v) is 4.82. The highest BCUT2D eigenvalue weighted by Crippen LogP contribution is 2.12. The van der Waals surface area contributed by atoms with E-state index in [4.69, 9.17) is 9.47 Å². The molecule has 0 saturated carbocycles. The van der Waals surface area contributed by atoms with E-state index in [0.717, 1.165) is 13.0 Å². The number of aromatic amines is 1. The molecule has 0 aliphatic carbocycles. The molecule has 0 radical (unpaired) electrons. The number of nitrogens with one attached hydrogen (secondary N) is 1. The lowest BCUT2D eigenvalue weighted by Crippen LogP contribution is -2.36. The molecular formula is C20H29N5O5. The first kappa shape index (κ1) is 21.8. The number of aromatic nitrogens is 3. The summed E-state index contributed by atoms with van der Waals surface area (Å²) in [7, 11) is 0. The Morgan fingerprint density at radius 1 is 1.20 bits per heavy atom. The molecule has 1 aliphatic rings. The number of amides is 1. The second kappa shape index (κ2) is 9.75. The minimum atomic E-state index is -0.523. The Labute approximate surface area is 174 Å². The van der Waals surface area contributed by atoms with Gasteiger partial charge in [-0.25, -0.2) is 19.1 Å². The first-order valence-electron chi connectivity index (χ1n) is 10.3. The van der Waals surface area contributed by atoms with Gasteiger partial charge in [0.05, 0.1) is 18.9 Å². The Morgan fingerprint density at radius 3 is 2.73 bits per heavy atom. The molecule has 2 aromatic heterocycles. The van der Waals surface area contributed by atoms with Crippen molar-refractivity contribution in [1.29, 1.82) is 0 Å². The predicted molar refractivity (Wildman–Crippen MR) is 109 cm³/mol. The van der Waals surface area contributed by atoms with Crippen LogP contribution in [0.5, 0.6) is 0 Å². The van der Waals surface area contributed by atoms with Crippen molar-refractivity contribution in [1.82, 2.24) is 24.4 Å². The summed E-state index contributed by atoms with van der Waals surface area (Å²) in [5, 5.41) is 2.74. The number of hydrogen-bond acceptors (Lipinski definition) is 7. The molecule has 1 aliphatic heterocycles. The highest BCUT2D eigenvalue weighted by molar-refractivity contribution is 5.95. The summed E-state index contributed by atoms with van der Waals surface area (Å²) in [5.41, 5.74) is 0.760. The lowest BCUT2D eigenvalue weighted by molar-refractivity contribution is 0.0528.